The molecule has 30 nitrogen and oxygen atoms in total. The number of carbonyl (C=O) groups is 4. The minimum absolute atomic E-state index is 0. The van der Waals surface area contributed by atoms with Gasteiger partial charge in [0, 0.05) is 98.9 Å². The van der Waals surface area contributed by atoms with E-state index in [4.69, 9.17) is 43.6 Å². The van der Waals surface area contributed by atoms with Crippen LogP contribution >= 0.6 is 113 Å². The van der Waals surface area contributed by atoms with Crippen molar-refractivity contribution in [1.29, 1.82) is 21.0 Å². The second-order valence-electron chi connectivity index (χ2n) is 31.8. The molecule has 696 valence electrons. The highest BCUT2D eigenvalue weighted by atomic mass is 127. The molecule has 4 unspecified atom stereocenters. The Labute approximate surface area is 841 Å². The maximum absolute atomic E-state index is 14.6. The summed E-state index contributed by atoms with van der Waals surface area (Å²) in [6.07, 6.45) is 11.6. The number of nitrogens with zero attached hydrogens (tertiary/aromatic N) is 11. The van der Waals surface area contributed by atoms with Crippen LogP contribution in [0.4, 0.5) is 22.7 Å². The van der Waals surface area contributed by atoms with Crippen molar-refractivity contribution in [3.8, 4) is 70.8 Å². The van der Waals surface area contributed by atoms with E-state index in [1.54, 1.807) is 119 Å². The molecule has 9 N–H and O–H groups in total. The number of ether oxygens (including phenoxy) is 8. The summed E-state index contributed by atoms with van der Waals surface area (Å²) in [6, 6.07) is 29.2. The number of hydrogen-bond acceptors (Lipinski definition) is 25. The summed E-state index contributed by atoms with van der Waals surface area (Å²) in [5.74, 6) is -0.232. The number of aromatic nitrogens is 6. The zero-order valence-corrected chi connectivity index (χ0v) is 90.4. The second kappa shape index (κ2) is 48.8. The first kappa shape index (κ1) is 108. The van der Waals surface area contributed by atoms with E-state index in [0.29, 0.717) is 146 Å². The number of alkyl halides is 5. The fraction of sp³-hybridized carbons (Fsp3) is 0.337. The van der Waals surface area contributed by atoms with Crippen LogP contribution in [0.2, 0.25) is 39.3 Å². The summed E-state index contributed by atoms with van der Waals surface area (Å²) in [6.45, 7) is 37.7. The van der Waals surface area contributed by atoms with E-state index in [1.807, 2.05) is 88.3 Å². The highest BCUT2D eigenvalue weighted by Crippen LogP contribution is 2.55. The van der Waals surface area contributed by atoms with Crippen LogP contribution in [0.25, 0.3) is 0 Å². The Bertz CT molecular complexity index is 5930. The molecule has 37 heteroatoms. The number of methoxy groups -OCH3 is 4. The molecule has 0 spiro atoms. The average Bonchev–Trinajstić information content (AvgIpc) is 0.814. The molecule has 4 atom stereocenters. The summed E-state index contributed by atoms with van der Waals surface area (Å²) in [7, 11) is 2.10. The van der Waals surface area contributed by atoms with Gasteiger partial charge in [0.25, 0.3) is 5.91 Å². The third-order valence-corrected chi connectivity index (χ3v) is 28.4. The van der Waals surface area contributed by atoms with Crippen LogP contribution < -0.4 is 64.9 Å². The van der Waals surface area contributed by atoms with Crippen molar-refractivity contribution in [3.05, 3.63) is 250 Å². The topological polar surface area (TPSA) is 436 Å². The van der Waals surface area contributed by atoms with Gasteiger partial charge in [-0.25, -0.2) is 29.7 Å². The van der Waals surface area contributed by atoms with Crippen LogP contribution in [0.5, 0.6) is 46.5 Å². The van der Waals surface area contributed by atoms with Gasteiger partial charge in [0.1, 0.15) is 45.7 Å². The Kier molecular flexibility index (Phi) is 40.1. The first-order valence-corrected chi connectivity index (χ1v) is 55.1. The Morgan fingerprint density at radius 1 is 0.470 bits per heavy atom. The standard InChI is InChI=1S/C27H38N4O3Si2.C24H23N5O3.C21H22N4O3.C21H21N3O4.CHI3.CH2I2.H2O/c1-11-34-26-24-23(20-13-12-19(15-28)14-21(20)33-4)22(18(3)30-25(24)17(2)16-29-26)27(32)31(35(5,6)7)36(8,9)10;1-5-32-23-21-20(17-7-6-16(11-25)10-18(17)31-4)19(24(30)29-9-8-26-13-29)15(3)28-22(21)14(2)12-27-23;1-5-28-21-18-17(14-7-6-13(9-22)8-15(14)27-4)16(20(23)26)12(3)25-19(18)11(2)10-24-21;1-5-28-20-18-17(14-7-6-13(9-22)8-15(14)27-4)16(21(25)26)12(3)24-19(18)11(2)10-23-20;2-1(3)4;2-1-3;/h12-14,16,23,30H,11H2,1-10H3;6-10,12-13,20,28H,5H2,1-4H3;6-8,10,17,25H,5H2,1-4H3,(H2,23,26);6-8,10,17,24H,5H2,1-4H3,(H,25,26);1H;1H2;1H2. The number of carboxylic acid groups (broad SMARTS) is 1. The number of halogens is 5. The van der Waals surface area contributed by atoms with Crippen molar-refractivity contribution in [3.63, 3.8) is 0 Å². The quantitative estimate of drug-likeness (QED) is 0.0208. The number of nitrogens with one attached hydrogen (secondary N) is 4. The highest BCUT2D eigenvalue weighted by molar-refractivity contribution is 14.3. The molecule has 0 fully saturated rings. The van der Waals surface area contributed by atoms with Crippen molar-refractivity contribution in [2.45, 2.75) is 146 Å². The number of carbonyl (C=O) groups excluding carboxylic acids is 3. The third kappa shape index (κ3) is 24.7. The predicted molar refractivity (Wildman–Crippen MR) is 560 cm³/mol. The largest absolute Gasteiger partial charge is 0.496 e. The monoisotopic (exact) mass is 2390 g/mol. The lowest BCUT2D eigenvalue weighted by Crippen LogP contribution is -2.62. The molecule has 0 saturated heterocycles. The Morgan fingerprint density at radius 2 is 0.727 bits per heavy atom. The number of nitriles is 4. The Morgan fingerprint density at radius 3 is 0.970 bits per heavy atom. The summed E-state index contributed by atoms with van der Waals surface area (Å²) in [5.41, 5.74) is 25.0. The van der Waals surface area contributed by atoms with E-state index >= 15 is 0 Å². The first-order chi connectivity index (χ1) is 62.2. The molecule has 0 saturated carbocycles. The third-order valence-electron chi connectivity index (χ3n) is 21.3. The van der Waals surface area contributed by atoms with Crippen LogP contribution in [-0.2, 0) is 14.4 Å². The molecule has 0 radical (unpaired) electrons. The molecule has 5 aromatic heterocycles. The molecule has 13 rings (SSSR count). The molecule has 4 aromatic carbocycles. The first-order valence-electron chi connectivity index (χ1n) is 41.4. The molecular weight excluding hydrogens is 2280 g/mol. The van der Waals surface area contributed by atoms with Gasteiger partial charge in [0.2, 0.25) is 35.3 Å². The van der Waals surface area contributed by atoms with E-state index in [9.17, 15) is 45.3 Å². The van der Waals surface area contributed by atoms with Crippen LogP contribution in [0.1, 0.15) is 173 Å². The van der Waals surface area contributed by atoms with Crippen molar-refractivity contribution in [2.24, 2.45) is 5.73 Å². The Balaban J connectivity index is 0.000000235. The van der Waals surface area contributed by atoms with Crippen LogP contribution in [-0.4, -0.2) is 142 Å². The number of hydrogen-bond donors (Lipinski definition) is 6. The predicted octanol–water partition coefficient (Wildman–Crippen LogP) is 20.2. The number of amides is 2. The van der Waals surface area contributed by atoms with E-state index in [1.165, 1.54) is 27.5 Å². The van der Waals surface area contributed by atoms with Crippen LogP contribution in [0.15, 0.2) is 161 Å². The fourth-order valence-corrected chi connectivity index (χ4v) is 25.9. The van der Waals surface area contributed by atoms with E-state index in [2.05, 4.69) is 227 Å². The maximum Gasteiger partial charge on any atom is 0.334 e. The molecule has 9 aromatic rings. The number of fused-ring (bicyclic) bond motifs is 4. The van der Waals surface area contributed by atoms with E-state index in [0.717, 1.165) is 78.5 Å². The van der Waals surface area contributed by atoms with Gasteiger partial charge in [0.15, 0.2) is 0 Å². The molecule has 0 aliphatic carbocycles. The van der Waals surface area contributed by atoms with Crippen LogP contribution in [0, 0.1) is 73.0 Å². The average molecular weight is 2390 g/mol. The van der Waals surface area contributed by atoms with Crippen molar-refractivity contribution in [2.75, 3.05) is 78.6 Å². The number of primary amides is 1. The van der Waals surface area contributed by atoms with E-state index < -0.39 is 52.0 Å². The summed E-state index contributed by atoms with van der Waals surface area (Å²) >= 11 is 11.5. The van der Waals surface area contributed by atoms with Crippen molar-refractivity contribution >= 4 is 176 Å². The molecule has 132 heavy (non-hydrogen) atoms. The van der Waals surface area contributed by atoms with Gasteiger partial charge in [-0.3, -0.25) is 19.0 Å². The smallest absolute Gasteiger partial charge is 0.334 e. The summed E-state index contributed by atoms with van der Waals surface area (Å²) < 4.78 is 51.5. The highest BCUT2D eigenvalue weighted by Gasteiger charge is 2.47. The normalized spacial score (nSPS) is 14.8. The summed E-state index contributed by atoms with van der Waals surface area (Å²) in [5, 5.41) is 60.6. The number of aliphatic carboxylic acids is 1. The minimum Gasteiger partial charge on any atom is -0.496 e. The lowest BCUT2D eigenvalue weighted by Gasteiger charge is -2.46. The molecule has 2 amide bonds. The zero-order chi connectivity index (χ0) is 97.0. The molecule has 0 bridgehead atoms. The molecule has 9 heterocycles. The molecule has 4 aliphatic heterocycles. The van der Waals surface area contributed by atoms with Gasteiger partial charge >= 0.3 is 5.97 Å². The van der Waals surface area contributed by atoms with Crippen molar-refractivity contribution in [1.82, 2.24) is 33.7 Å². The number of carboxylic acids is 1. The lowest BCUT2D eigenvalue weighted by molar-refractivity contribution is -0.133. The van der Waals surface area contributed by atoms with Gasteiger partial charge in [-0.15, -0.1) is 0 Å². The lowest BCUT2D eigenvalue weighted by atomic mass is 9.79. The fourth-order valence-electron chi connectivity index (χ4n) is 16.4. The number of rotatable bonds is 22. The number of pyridine rings is 4. The van der Waals surface area contributed by atoms with Gasteiger partial charge in [-0.1, -0.05) is 177 Å². The van der Waals surface area contributed by atoms with Gasteiger partial charge in [-0.05, 0) is 154 Å². The SMILES string of the molecule is CCOc1ncc(C)c2c1C(c1ccc(C#N)cc1OC)C(C(=O)N([Si](C)(C)C)[Si](C)(C)C)=C(C)N2.CCOc1ncc(C)c2c1C(c1ccc(C#N)cc1OC)C(C(=O)O)=C(C)N2.CCOc1ncc(C)c2c1C(c1ccc(C#N)cc1OC)C(C(=O)n1ccnc1)=C(C)N2.CCOc1ncc(C)c2c1C(c1ccc(C#N)cc1OC)C(C(N)=O)=C(C)N2.IC(I)I.ICI.O. The molecular formula is C95H109I5N16O14Si2. The number of anilines is 4. The van der Waals surface area contributed by atoms with Gasteiger partial charge in [-0.2, -0.15) is 21.0 Å². The zero-order valence-electron chi connectivity index (χ0n) is 77.6. The van der Waals surface area contributed by atoms with Gasteiger partial charge in [0.05, 0.1) is 178 Å². The number of benzene rings is 4. The van der Waals surface area contributed by atoms with E-state index in [-0.39, 0.29) is 22.9 Å². The number of allylic oxidation sites excluding steroid dienone is 5. The maximum atomic E-state index is 14.6. The number of imidazole rings is 1. The molecule has 4 aliphatic rings. The van der Waals surface area contributed by atoms with Crippen LogP contribution in [0.3, 0.4) is 0 Å². The van der Waals surface area contributed by atoms with Gasteiger partial charge < -0.3 is 79.7 Å². The van der Waals surface area contributed by atoms with Crippen molar-refractivity contribution < 1.29 is 67.7 Å². The second-order valence-corrected chi connectivity index (χ2v) is 57.2. The minimum atomic E-state index is -2.03. The number of nitrogens with two attached hydrogens (primary N) is 1. The Hall–Kier alpha value is -10.7. The summed E-state index contributed by atoms with van der Waals surface area (Å²) in [4.78, 5) is 74.8. The number of aryl methyl sites for hydroxylation is 4.